The number of anilines is 1. The smallest absolute Gasteiger partial charge is 0.262 e. The Labute approximate surface area is 198 Å². The molecule has 2 atom stereocenters. The number of amides is 2. The van der Waals surface area contributed by atoms with Crippen molar-refractivity contribution in [2.75, 3.05) is 5.32 Å². The zero-order valence-corrected chi connectivity index (χ0v) is 19.0. The molecule has 2 aromatic carbocycles. The van der Waals surface area contributed by atoms with Crippen LogP contribution >= 0.6 is 23.1 Å². The maximum Gasteiger partial charge on any atom is 0.262 e. The van der Waals surface area contributed by atoms with E-state index in [9.17, 15) is 14.0 Å². The van der Waals surface area contributed by atoms with Crippen molar-refractivity contribution in [3.63, 3.8) is 0 Å². The van der Waals surface area contributed by atoms with E-state index in [4.69, 9.17) is 5.10 Å². The van der Waals surface area contributed by atoms with Crippen molar-refractivity contribution in [1.29, 1.82) is 0 Å². The average molecular weight is 479 g/mol. The molecule has 5 rings (SSSR count). The van der Waals surface area contributed by atoms with Crippen LogP contribution in [0.1, 0.15) is 29.3 Å². The van der Waals surface area contributed by atoms with E-state index in [2.05, 4.69) is 10.3 Å². The second-order valence-electron chi connectivity index (χ2n) is 7.57. The first-order valence-electron chi connectivity index (χ1n) is 10.4. The number of aliphatic imine (C=N–C) groups is 1. The van der Waals surface area contributed by atoms with Gasteiger partial charge in [0.15, 0.2) is 5.17 Å². The van der Waals surface area contributed by atoms with Crippen LogP contribution in [0.25, 0.3) is 0 Å². The van der Waals surface area contributed by atoms with E-state index in [1.54, 1.807) is 28.5 Å². The first-order valence-corrected chi connectivity index (χ1v) is 12.1. The number of hydrogen-bond acceptors (Lipinski definition) is 6. The van der Waals surface area contributed by atoms with Crippen molar-refractivity contribution in [2.24, 2.45) is 10.1 Å². The van der Waals surface area contributed by atoms with Crippen molar-refractivity contribution >= 4 is 51.5 Å². The molecule has 0 saturated heterocycles. The Morgan fingerprint density at radius 1 is 1.09 bits per heavy atom. The maximum absolute atomic E-state index is 13.8. The minimum atomic E-state index is -0.677. The lowest BCUT2D eigenvalue weighted by molar-refractivity contribution is -0.121. The summed E-state index contributed by atoms with van der Waals surface area (Å²) in [5, 5.41) is 10.9. The van der Waals surface area contributed by atoms with Crippen LogP contribution in [0.4, 0.5) is 10.1 Å². The summed E-state index contributed by atoms with van der Waals surface area (Å²) in [6, 6.07) is 19.8. The Bertz CT molecular complexity index is 1240. The van der Waals surface area contributed by atoms with Crippen LogP contribution < -0.4 is 5.32 Å². The summed E-state index contributed by atoms with van der Waals surface area (Å²) >= 11 is 2.84. The van der Waals surface area contributed by atoms with E-state index < -0.39 is 17.0 Å². The van der Waals surface area contributed by atoms with Gasteiger partial charge in [-0.1, -0.05) is 60.3 Å². The van der Waals surface area contributed by atoms with Gasteiger partial charge in [0, 0.05) is 12.8 Å². The quantitative estimate of drug-likeness (QED) is 0.556. The summed E-state index contributed by atoms with van der Waals surface area (Å²) in [5.74, 6) is -1.34. The second-order valence-corrected chi connectivity index (χ2v) is 9.69. The van der Waals surface area contributed by atoms with Gasteiger partial charge in [0.25, 0.3) is 5.91 Å². The number of carbonyl (C=O) groups excluding carboxylic acids is 2. The molecule has 3 heterocycles. The Balaban J connectivity index is 1.33. The summed E-state index contributed by atoms with van der Waals surface area (Å²) in [6.07, 6.45) is 0.590. The third-order valence-corrected chi connectivity index (χ3v) is 7.40. The largest absolute Gasteiger partial charge is 0.324 e. The predicted molar refractivity (Wildman–Crippen MR) is 130 cm³/mol. The molecule has 0 spiro atoms. The molecule has 6 nitrogen and oxygen atoms in total. The van der Waals surface area contributed by atoms with E-state index in [0.29, 0.717) is 11.6 Å². The van der Waals surface area contributed by atoms with Gasteiger partial charge < -0.3 is 5.32 Å². The van der Waals surface area contributed by atoms with Crippen LogP contribution in [-0.4, -0.2) is 33.0 Å². The molecule has 33 heavy (non-hydrogen) atoms. The van der Waals surface area contributed by atoms with Gasteiger partial charge in [0.2, 0.25) is 5.91 Å². The fraction of sp³-hybridized carbons (Fsp3) is 0.167. The molecule has 1 N–H and O–H groups in total. The number of hydrogen-bond donors (Lipinski definition) is 1. The zero-order valence-electron chi connectivity index (χ0n) is 17.3. The number of hydrazone groups is 1. The fourth-order valence-electron chi connectivity index (χ4n) is 3.75. The molecule has 2 aliphatic rings. The van der Waals surface area contributed by atoms with Crippen LogP contribution in [0.15, 0.2) is 82.2 Å². The summed E-state index contributed by atoms with van der Waals surface area (Å²) in [6.45, 7) is 0. The van der Waals surface area contributed by atoms with Gasteiger partial charge in [0.05, 0.1) is 22.3 Å². The van der Waals surface area contributed by atoms with Crippen molar-refractivity contribution in [3.8, 4) is 0 Å². The van der Waals surface area contributed by atoms with Crippen LogP contribution in [0.3, 0.4) is 0 Å². The van der Waals surface area contributed by atoms with Crippen molar-refractivity contribution < 1.29 is 14.0 Å². The molecule has 2 amide bonds. The standard InChI is InChI=1S/C24H19FN4O2S2/c25-16-9-4-5-10-17(16)26-22(30)14-21-23(31)27-24(33-21)29-19(15-7-2-1-3-8-15)13-18(28-29)20-11-6-12-32-20/h1-12,19,21H,13-14H2,(H,26,30)/t19-,21+/m1/s1. The molecule has 3 aromatic rings. The zero-order chi connectivity index (χ0) is 22.8. The van der Waals surface area contributed by atoms with Gasteiger partial charge in [0.1, 0.15) is 11.1 Å². The van der Waals surface area contributed by atoms with Crippen molar-refractivity contribution in [2.45, 2.75) is 24.1 Å². The number of halogens is 1. The number of amidine groups is 1. The number of rotatable bonds is 5. The minimum absolute atomic E-state index is 0.0895. The molecule has 0 saturated carbocycles. The maximum atomic E-state index is 13.8. The number of nitrogens with one attached hydrogen (secondary N) is 1. The lowest BCUT2D eigenvalue weighted by Gasteiger charge is -2.23. The third kappa shape index (κ3) is 4.60. The molecule has 166 valence electrons. The van der Waals surface area contributed by atoms with Gasteiger partial charge in [-0.3, -0.25) is 9.59 Å². The van der Waals surface area contributed by atoms with Crippen LogP contribution in [-0.2, 0) is 9.59 Å². The highest BCUT2D eigenvalue weighted by Crippen LogP contribution is 2.39. The fourth-order valence-corrected chi connectivity index (χ4v) is 5.53. The average Bonchev–Trinajstić information content (AvgIpc) is 3.56. The van der Waals surface area contributed by atoms with E-state index in [0.717, 1.165) is 16.2 Å². The highest BCUT2D eigenvalue weighted by atomic mass is 32.2. The lowest BCUT2D eigenvalue weighted by Crippen LogP contribution is -2.25. The Morgan fingerprint density at radius 3 is 2.64 bits per heavy atom. The van der Waals surface area contributed by atoms with Gasteiger partial charge in [-0.15, -0.1) is 11.3 Å². The van der Waals surface area contributed by atoms with Crippen LogP contribution in [0.2, 0.25) is 0 Å². The first-order chi connectivity index (χ1) is 16.1. The normalized spacial score (nSPS) is 20.0. The molecule has 2 aliphatic heterocycles. The van der Waals surface area contributed by atoms with Gasteiger partial charge in [-0.05, 0) is 29.1 Å². The number of thiophene rings is 1. The van der Waals surface area contributed by atoms with Crippen LogP contribution in [0, 0.1) is 5.82 Å². The van der Waals surface area contributed by atoms with Gasteiger partial charge >= 0.3 is 0 Å². The van der Waals surface area contributed by atoms with E-state index >= 15 is 0 Å². The van der Waals surface area contributed by atoms with Crippen molar-refractivity contribution in [1.82, 2.24) is 5.01 Å². The second kappa shape index (κ2) is 9.29. The van der Waals surface area contributed by atoms with Gasteiger partial charge in [-0.25, -0.2) is 9.40 Å². The molecule has 0 fully saturated rings. The summed E-state index contributed by atoms with van der Waals surface area (Å²) in [7, 11) is 0. The predicted octanol–water partition coefficient (Wildman–Crippen LogP) is 5.07. The molecular weight excluding hydrogens is 459 g/mol. The summed E-state index contributed by atoms with van der Waals surface area (Å²) < 4.78 is 13.8. The van der Waals surface area contributed by atoms with Crippen LogP contribution in [0.5, 0.6) is 0 Å². The minimum Gasteiger partial charge on any atom is -0.324 e. The Kier molecular flexibility index (Phi) is 6.06. The molecule has 0 unspecified atom stereocenters. The highest BCUT2D eigenvalue weighted by molar-refractivity contribution is 8.15. The number of benzene rings is 2. The first kappa shape index (κ1) is 21.5. The molecule has 0 radical (unpaired) electrons. The van der Waals surface area contributed by atoms with E-state index in [1.165, 1.54) is 23.9 Å². The van der Waals surface area contributed by atoms with E-state index in [1.807, 2.05) is 47.8 Å². The van der Waals surface area contributed by atoms with Gasteiger partial charge in [-0.2, -0.15) is 10.1 Å². The SMILES string of the molecule is O=C(C[C@@H]1SC(N2N=C(c3cccs3)C[C@@H]2c2ccccc2)=NC1=O)Nc1ccccc1F. The monoisotopic (exact) mass is 478 g/mol. The topological polar surface area (TPSA) is 74.1 Å². The summed E-state index contributed by atoms with van der Waals surface area (Å²) in [5.41, 5.74) is 2.10. The molecule has 0 bridgehead atoms. The number of carbonyl (C=O) groups is 2. The molecule has 9 heteroatoms. The van der Waals surface area contributed by atoms with Crippen molar-refractivity contribution in [3.05, 3.63) is 88.4 Å². The number of nitrogens with zero attached hydrogens (tertiary/aromatic N) is 3. The third-order valence-electron chi connectivity index (χ3n) is 5.34. The lowest BCUT2D eigenvalue weighted by atomic mass is 10.0. The summed E-state index contributed by atoms with van der Waals surface area (Å²) in [4.78, 5) is 30.4. The Hall–Kier alpha value is -3.30. The van der Waals surface area contributed by atoms with E-state index in [-0.39, 0.29) is 24.1 Å². The Morgan fingerprint density at radius 2 is 1.88 bits per heavy atom. The highest BCUT2D eigenvalue weighted by Gasteiger charge is 2.39. The molecule has 0 aliphatic carbocycles. The number of thioether (sulfide) groups is 1. The molecular formula is C24H19FN4O2S2. The molecule has 1 aromatic heterocycles. The number of para-hydroxylation sites is 1.